The Morgan fingerprint density at radius 3 is 2.38 bits per heavy atom. The second kappa shape index (κ2) is 7.92. The van der Waals surface area contributed by atoms with Crippen molar-refractivity contribution < 1.29 is 22.8 Å². The molecule has 10 heteroatoms. The number of nitrogens with one attached hydrogen (secondary N) is 4. The number of carbonyl (C=O) groups is 3. The van der Waals surface area contributed by atoms with Gasteiger partial charge in [0.15, 0.2) is 0 Å². The topological polar surface area (TPSA) is 133 Å². The molecule has 2 aromatic rings. The van der Waals surface area contributed by atoms with E-state index in [2.05, 4.69) is 20.7 Å². The van der Waals surface area contributed by atoms with Gasteiger partial charge >= 0.3 is 0 Å². The molecule has 1 aliphatic heterocycles. The van der Waals surface area contributed by atoms with Gasteiger partial charge in [0.25, 0.3) is 5.91 Å². The fraction of sp³-hybridized carbons (Fsp3) is 0.211. The van der Waals surface area contributed by atoms with E-state index >= 15 is 0 Å². The summed E-state index contributed by atoms with van der Waals surface area (Å²) in [6, 6.07) is 9.39. The lowest BCUT2D eigenvalue weighted by atomic mass is 10.0. The molecule has 1 aliphatic rings. The minimum atomic E-state index is -3.62. The van der Waals surface area contributed by atoms with E-state index in [1.54, 1.807) is 18.2 Å². The van der Waals surface area contributed by atoms with E-state index in [9.17, 15) is 22.8 Å². The molecule has 0 radical (unpaired) electrons. The number of fused-ring (bicyclic) bond motifs is 1. The molecule has 3 rings (SSSR count). The Labute approximate surface area is 167 Å². The van der Waals surface area contributed by atoms with Gasteiger partial charge in [0.05, 0.1) is 17.5 Å². The monoisotopic (exact) mass is 416 g/mol. The summed E-state index contributed by atoms with van der Waals surface area (Å²) >= 11 is 0. The van der Waals surface area contributed by atoms with E-state index in [4.69, 9.17) is 0 Å². The van der Waals surface area contributed by atoms with Crippen molar-refractivity contribution in [2.75, 3.05) is 26.9 Å². The van der Waals surface area contributed by atoms with Crippen molar-refractivity contribution in [2.24, 2.45) is 0 Å². The van der Waals surface area contributed by atoms with Crippen molar-refractivity contribution in [3.8, 4) is 0 Å². The second-order valence-corrected chi connectivity index (χ2v) is 8.44. The molecule has 0 fully saturated rings. The highest BCUT2D eigenvalue weighted by atomic mass is 32.2. The number of aryl methyl sites for hydroxylation is 1. The molecule has 0 aliphatic carbocycles. The maximum Gasteiger partial charge on any atom is 0.257 e. The third-order valence-electron chi connectivity index (χ3n) is 4.14. The predicted molar refractivity (Wildman–Crippen MR) is 111 cm³/mol. The molecule has 0 saturated heterocycles. The Kier molecular flexibility index (Phi) is 5.55. The number of rotatable bonds is 5. The number of hydrogen-bond donors (Lipinski definition) is 4. The molecule has 29 heavy (non-hydrogen) atoms. The average Bonchev–Trinajstić information content (AvgIpc) is 2.61. The zero-order valence-corrected chi connectivity index (χ0v) is 16.6. The Balaban J connectivity index is 1.90. The first-order valence-electron chi connectivity index (χ1n) is 8.74. The van der Waals surface area contributed by atoms with E-state index in [-0.39, 0.29) is 23.1 Å². The first-order valence-corrected chi connectivity index (χ1v) is 10.6. The first kappa shape index (κ1) is 20.3. The van der Waals surface area contributed by atoms with Gasteiger partial charge in [-0.25, -0.2) is 8.42 Å². The molecular formula is C19H20N4O5S. The molecule has 3 amide bonds. The number of anilines is 4. The van der Waals surface area contributed by atoms with Crippen LogP contribution < -0.4 is 20.7 Å². The molecule has 0 atom stereocenters. The van der Waals surface area contributed by atoms with Crippen molar-refractivity contribution in [3.05, 3.63) is 47.5 Å². The highest BCUT2D eigenvalue weighted by Gasteiger charge is 2.18. The third kappa shape index (κ3) is 5.32. The lowest BCUT2D eigenvalue weighted by Gasteiger charge is -2.18. The summed E-state index contributed by atoms with van der Waals surface area (Å²) in [5, 5.41) is 8.05. The van der Waals surface area contributed by atoms with Gasteiger partial charge in [-0.3, -0.25) is 19.1 Å². The van der Waals surface area contributed by atoms with Crippen LogP contribution >= 0.6 is 0 Å². The fourth-order valence-electron chi connectivity index (χ4n) is 2.96. The van der Waals surface area contributed by atoms with Crippen molar-refractivity contribution in [2.45, 2.75) is 19.8 Å². The van der Waals surface area contributed by atoms with Crippen LogP contribution in [0.1, 0.15) is 29.3 Å². The van der Waals surface area contributed by atoms with Crippen molar-refractivity contribution in [1.82, 2.24) is 0 Å². The summed E-state index contributed by atoms with van der Waals surface area (Å²) < 4.78 is 25.6. The Bertz CT molecular complexity index is 1110. The van der Waals surface area contributed by atoms with Crippen LogP contribution in [0, 0.1) is 0 Å². The quantitative estimate of drug-likeness (QED) is 0.593. The average molecular weight is 416 g/mol. The Hall–Kier alpha value is -3.40. The largest absolute Gasteiger partial charge is 0.326 e. The number of sulfonamides is 1. The zero-order valence-electron chi connectivity index (χ0n) is 15.8. The molecule has 0 aromatic heterocycles. The normalized spacial score (nSPS) is 13.1. The van der Waals surface area contributed by atoms with Gasteiger partial charge in [-0.05, 0) is 48.4 Å². The minimum Gasteiger partial charge on any atom is -0.326 e. The standard InChI is InChI=1S/C19H20N4O5S/c1-11(24)20-14-5-7-17(23-29(2,27)28)15(10-14)19(26)21-13-4-6-16-12(9-13)3-8-18(25)22-16/h4-7,9-10,23H,3,8H2,1-2H3,(H,20,24)(H,21,26)(H,22,25). The smallest absolute Gasteiger partial charge is 0.257 e. The van der Waals surface area contributed by atoms with Crippen LogP contribution in [0.2, 0.25) is 0 Å². The van der Waals surface area contributed by atoms with Crippen molar-refractivity contribution >= 4 is 50.5 Å². The summed E-state index contributed by atoms with van der Waals surface area (Å²) in [7, 11) is -3.62. The van der Waals surface area contributed by atoms with E-state index in [1.165, 1.54) is 25.1 Å². The highest BCUT2D eigenvalue weighted by Crippen LogP contribution is 2.27. The summed E-state index contributed by atoms with van der Waals surface area (Å²) in [4.78, 5) is 35.6. The maximum absolute atomic E-state index is 12.9. The molecule has 0 saturated carbocycles. The number of hydrogen-bond acceptors (Lipinski definition) is 5. The summed E-state index contributed by atoms with van der Waals surface area (Å²) in [6.45, 7) is 1.33. The molecule has 152 valence electrons. The van der Waals surface area contributed by atoms with Gasteiger partial charge in [-0.2, -0.15) is 0 Å². The predicted octanol–water partition coefficient (Wildman–Crippen LogP) is 2.15. The van der Waals surface area contributed by atoms with Gasteiger partial charge in [0, 0.05) is 30.4 Å². The lowest BCUT2D eigenvalue weighted by Crippen LogP contribution is -2.20. The van der Waals surface area contributed by atoms with Crippen molar-refractivity contribution in [1.29, 1.82) is 0 Å². The molecule has 1 heterocycles. The Morgan fingerprint density at radius 1 is 1.00 bits per heavy atom. The van der Waals surface area contributed by atoms with Crippen molar-refractivity contribution in [3.63, 3.8) is 0 Å². The van der Waals surface area contributed by atoms with Gasteiger partial charge in [0.1, 0.15) is 0 Å². The Morgan fingerprint density at radius 2 is 1.69 bits per heavy atom. The van der Waals surface area contributed by atoms with E-state index < -0.39 is 15.9 Å². The van der Waals surface area contributed by atoms with Gasteiger partial charge in [-0.15, -0.1) is 0 Å². The molecular weight excluding hydrogens is 396 g/mol. The second-order valence-electron chi connectivity index (χ2n) is 6.69. The molecule has 2 aromatic carbocycles. The number of amides is 3. The third-order valence-corrected chi connectivity index (χ3v) is 4.73. The first-order chi connectivity index (χ1) is 13.6. The summed E-state index contributed by atoms with van der Waals surface area (Å²) in [6.07, 6.45) is 1.91. The molecule has 0 bridgehead atoms. The van der Waals surface area contributed by atoms with E-state index in [0.29, 0.717) is 29.9 Å². The number of carbonyl (C=O) groups excluding carboxylic acids is 3. The molecule has 0 unspecified atom stereocenters. The van der Waals surface area contributed by atoms with Crippen LogP contribution in [0.3, 0.4) is 0 Å². The van der Waals surface area contributed by atoms with Crippen LogP contribution in [0.15, 0.2) is 36.4 Å². The van der Waals surface area contributed by atoms with Gasteiger partial charge in [-0.1, -0.05) is 0 Å². The van der Waals surface area contributed by atoms with Crippen LogP contribution in [0.25, 0.3) is 0 Å². The van der Waals surface area contributed by atoms with Crippen LogP contribution in [0.5, 0.6) is 0 Å². The SMILES string of the molecule is CC(=O)Nc1ccc(NS(C)(=O)=O)c(C(=O)Nc2ccc3c(c2)CCC(=O)N3)c1. The van der Waals surface area contributed by atoms with Crippen LogP contribution in [-0.4, -0.2) is 32.4 Å². The molecule has 9 nitrogen and oxygen atoms in total. The zero-order chi connectivity index (χ0) is 21.2. The summed E-state index contributed by atoms with van der Waals surface area (Å²) in [5.41, 5.74) is 2.59. The number of benzene rings is 2. The molecule has 4 N–H and O–H groups in total. The van der Waals surface area contributed by atoms with Gasteiger partial charge in [0.2, 0.25) is 21.8 Å². The van der Waals surface area contributed by atoms with Crippen LogP contribution in [0.4, 0.5) is 22.7 Å². The minimum absolute atomic E-state index is 0.0488. The molecule has 0 spiro atoms. The summed E-state index contributed by atoms with van der Waals surface area (Å²) in [5.74, 6) is -0.930. The van der Waals surface area contributed by atoms with E-state index in [1.807, 2.05) is 0 Å². The lowest BCUT2D eigenvalue weighted by molar-refractivity contribution is -0.116. The van der Waals surface area contributed by atoms with Crippen LogP contribution in [-0.2, 0) is 26.0 Å². The van der Waals surface area contributed by atoms with E-state index in [0.717, 1.165) is 11.8 Å². The van der Waals surface area contributed by atoms with Gasteiger partial charge < -0.3 is 16.0 Å². The maximum atomic E-state index is 12.9. The highest BCUT2D eigenvalue weighted by molar-refractivity contribution is 7.92. The fourth-order valence-corrected chi connectivity index (χ4v) is 3.54.